The number of hydrogen-bond donors (Lipinski definition) is 0. The standard InChI is InChI=1S/C36H51F3O7/c1-19(2)26-27-22-10-11-24-32(7)14-13-25(45-21(4)41)31(5,6)23(32)12-15-34(24,9)33(22,8)16-17-35(27,18-44-20(3)40)29(28(26)42)46-30(43)36(37,38)39/h19,22-25,29H,10-18H2,1-9H3/t22-,23+,24-,25+,29-,32+,33-,34-,35+/m1/s1. The van der Waals surface area contributed by atoms with Crippen molar-refractivity contribution in [3.8, 4) is 0 Å². The van der Waals surface area contributed by atoms with Crippen molar-refractivity contribution in [2.75, 3.05) is 6.61 Å². The first-order valence-corrected chi connectivity index (χ1v) is 16.9. The molecule has 9 atom stereocenters. The van der Waals surface area contributed by atoms with Crippen LogP contribution in [0.1, 0.15) is 114 Å². The average molecular weight is 653 g/mol. The van der Waals surface area contributed by atoms with E-state index < -0.39 is 35.4 Å². The van der Waals surface area contributed by atoms with Crippen molar-refractivity contribution >= 4 is 23.7 Å². The molecule has 0 bridgehead atoms. The minimum absolute atomic E-state index is 0.0149. The van der Waals surface area contributed by atoms with Crippen LogP contribution < -0.4 is 0 Å². The van der Waals surface area contributed by atoms with Crippen molar-refractivity contribution in [2.45, 2.75) is 132 Å². The normalized spacial score (nSPS) is 41.6. The van der Waals surface area contributed by atoms with Gasteiger partial charge in [0.25, 0.3) is 0 Å². The number of Topliss-reactive ketones (excluding diaryl/α,β-unsaturated/α-hetero) is 1. The lowest BCUT2D eigenvalue weighted by Crippen LogP contribution is -2.66. The molecule has 0 aromatic heterocycles. The van der Waals surface area contributed by atoms with Crippen LogP contribution in [0.3, 0.4) is 0 Å². The highest BCUT2D eigenvalue weighted by Gasteiger charge is 2.72. The maximum absolute atomic E-state index is 14.1. The Bertz CT molecular complexity index is 1350. The third-order valence-corrected chi connectivity index (χ3v) is 14.0. The Labute approximate surface area is 270 Å². The predicted molar refractivity (Wildman–Crippen MR) is 163 cm³/mol. The number of carbonyl (C=O) groups is 4. The minimum atomic E-state index is -5.27. The van der Waals surface area contributed by atoms with Crippen molar-refractivity contribution in [3.05, 3.63) is 11.1 Å². The summed E-state index contributed by atoms with van der Waals surface area (Å²) in [6.07, 6.45) is -1.04. The molecular formula is C36H51F3O7. The van der Waals surface area contributed by atoms with Gasteiger partial charge in [0.2, 0.25) is 5.78 Å². The summed E-state index contributed by atoms with van der Waals surface area (Å²) in [6.45, 7) is 17.6. The number of alkyl halides is 3. The van der Waals surface area contributed by atoms with E-state index in [0.29, 0.717) is 23.8 Å². The number of carbonyl (C=O) groups excluding carboxylic acids is 4. The van der Waals surface area contributed by atoms with Gasteiger partial charge in [0.15, 0.2) is 6.10 Å². The lowest BCUT2D eigenvalue weighted by molar-refractivity contribution is -0.237. The van der Waals surface area contributed by atoms with E-state index in [1.165, 1.54) is 13.8 Å². The molecule has 10 heteroatoms. The van der Waals surface area contributed by atoms with Gasteiger partial charge in [0.1, 0.15) is 12.7 Å². The molecule has 0 radical (unpaired) electrons. The molecule has 5 aliphatic carbocycles. The summed E-state index contributed by atoms with van der Waals surface area (Å²) in [6, 6.07) is 0. The highest BCUT2D eigenvalue weighted by Crippen LogP contribution is 2.77. The van der Waals surface area contributed by atoms with Crippen LogP contribution in [0.15, 0.2) is 11.1 Å². The SMILES string of the molecule is CC(=O)OC[C@@]12CC[C@]3(C)[C@H](CC[C@@H]4[C@@]5(C)CC[C@H](OC(C)=O)C(C)(C)[C@@H]5CC[C@]43C)C1=C(C(C)C)C(=O)[C@H]2OC(=O)C(F)(F)F. The fraction of sp³-hybridized carbons (Fsp3) is 0.833. The number of ketones is 1. The number of rotatable bonds is 5. The molecule has 0 saturated heterocycles. The van der Waals surface area contributed by atoms with E-state index in [-0.39, 0.29) is 58.6 Å². The first-order valence-electron chi connectivity index (χ1n) is 16.9. The first kappa shape index (κ1) is 34.9. The van der Waals surface area contributed by atoms with Crippen LogP contribution in [0.25, 0.3) is 0 Å². The van der Waals surface area contributed by atoms with E-state index in [2.05, 4.69) is 34.6 Å². The lowest BCUT2D eigenvalue weighted by Gasteiger charge is -2.72. The third-order valence-electron chi connectivity index (χ3n) is 14.0. The maximum Gasteiger partial charge on any atom is 0.490 e. The molecule has 0 aromatic carbocycles. The highest BCUT2D eigenvalue weighted by molar-refractivity contribution is 6.05. The van der Waals surface area contributed by atoms with E-state index >= 15 is 0 Å². The Balaban J connectivity index is 1.59. The van der Waals surface area contributed by atoms with Gasteiger partial charge in [-0.3, -0.25) is 14.4 Å². The smallest absolute Gasteiger partial charge is 0.465 e. The first-order chi connectivity index (χ1) is 21.1. The molecule has 0 aliphatic heterocycles. The van der Waals surface area contributed by atoms with Crippen LogP contribution in [-0.2, 0) is 33.4 Å². The average Bonchev–Trinajstić information content (AvgIpc) is 3.16. The quantitative estimate of drug-likeness (QED) is 0.224. The van der Waals surface area contributed by atoms with Crippen molar-refractivity contribution in [2.24, 2.45) is 50.7 Å². The number of fused-ring (bicyclic) bond motifs is 7. The van der Waals surface area contributed by atoms with Gasteiger partial charge in [0, 0.05) is 24.8 Å². The van der Waals surface area contributed by atoms with Crippen LogP contribution in [0, 0.1) is 50.7 Å². The number of ether oxygens (including phenoxy) is 3. The van der Waals surface area contributed by atoms with Gasteiger partial charge in [-0.1, -0.05) is 48.5 Å². The second-order valence-corrected chi connectivity index (χ2v) is 16.6. The molecule has 0 heterocycles. The number of esters is 3. The Morgan fingerprint density at radius 3 is 2.04 bits per heavy atom. The molecule has 0 unspecified atom stereocenters. The summed E-state index contributed by atoms with van der Waals surface area (Å²) < 4.78 is 57.0. The molecule has 4 fully saturated rings. The summed E-state index contributed by atoms with van der Waals surface area (Å²) in [5, 5.41) is 0. The molecular weight excluding hydrogens is 601 g/mol. The fourth-order valence-electron chi connectivity index (χ4n) is 11.9. The third kappa shape index (κ3) is 4.88. The van der Waals surface area contributed by atoms with Gasteiger partial charge in [0.05, 0.1) is 5.41 Å². The predicted octanol–water partition coefficient (Wildman–Crippen LogP) is 7.55. The maximum atomic E-state index is 14.1. The number of hydrogen-bond acceptors (Lipinski definition) is 7. The Hall–Kier alpha value is -2.39. The molecule has 0 N–H and O–H groups in total. The van der Waals surface area contributed by atoms with Gasteiger partial charge in [-0.15, -0.1) is 0 Å². The van der Waals surface area contributed by atoms with Crippen molar-refractivity contribution in [1.29, 1.82) is 0 Å². The molecule has 5 rings (SSSR count). The molecule has 258 valence electrons. The van der Waals surface area contributed by atoms with Crippen molar-refractivity contribution in [1.82, 2.24) is 0 Å². The van der Waals surface area contributed by atoms with E-state index in [4.69, 9.17) is 14.2 Å². The summed E-state index contributed by atoms with van der Waals surface area (Å²) in [7, 11) is 0. The fourth-order valence-corrected chi connectivity index (χ4v) is 11.9. The van der Waals surface area contributed by atoms with E-state index in [9.17, 15) is 32.3 Å². The van der Waals surface area contributed by atoms with E-state index in [0.717, 1.165) is 44.1 Å². The van der Waals surface area contributed by atoms with Crippen LogP contribution >= 0.6 is 0 Å². The second-order valence-electron chi connectivity index (χ2n) is 16.6. The summed E-state index contributed by atoms with van der Waals surface area (Å²) in [4.78, 5) is 50.4. The van der Waals surface area contributed by atoms with Crippen LogP contribution in [-0.4, -0.2) is 48.7 Å². The molecule has 4 saturated carbocycles. The Kier molecular flexibility index (Phi) is 8.41. The van der Waals surface area contributed by atoms with Crippen LogP contribution in [0.4, 0.5) is 13.2 Å². The summed E-state index contributed by atoms with van der Waals surface area (Å²) in [5.74, 6) is -3.67. The summed E-state index contributed by atoms with van der Waals surface area (Å²) >= 11 is 0. The second kappa shape index (κ2) is 11.1. The molecule has 0 amide bonds. The van der Waals surface area contributed by atoms with E-state index in [1.807, 2.05) is 13.8 Å². The minimum Gasteiger partial charge on any atom is -0.465 e. The van der Waals surface area contributed by atoms with Gasteiger partial charge in [-0.05, 0) is 96.9 Å². The zero-order chi connectivity index (χ0) is 34.4. The Morgan fingerprint density at radius 1 is 0.826 bits per heavy atom. The Morgan fingerprint density at radius 2 is 1.48 bits per heavy atom. The number of halogens is 3. The van der Waals surface area contributed by atoms with Crippen molar-refractivity contribution in [3.63, 3.8) is 0 Å². The topological polar surface area (TPSA) is 96.0 Å². The van der Waals surface area contributed by atoms with Crippen LogP contribution in [0.5, 0.6) is 0 Å². The summed E-state index contributed by atoms with van der Waals surface area (Å²) in [5.41, 5.74) is -0.858. The monoisotopic (exact) mass is 652 g/mol. The van der Waals surface area contributed by atoms with E-state index in [1.54, 1.807) is 0 Å². The van der Waals surface area contributed by atoms with Crippen LogP contribution in [0.2, 0.25) is 0 Å². The van der Waals surface area contributed by atoms with Gasteiger partial charge in [-0.2, -0.15) is 13.2 Å². The molecule has 46 heavy (non-hydrogen) atoms. The zero-order valence-electron chi connectivity index (χ0n) is 28.8. The zero-order valence-corrected chi connectivity index (χ0v) is 28.8. The largest absolute Gasteiger partial charge is 0.490 e. The van der Waals surface area contributed by atoms with Gasteiger partial charge in [-0.25, -0.2) is 4.79 Å². The lowest BCUT2D eigenvalue weighted by atomic mass is 9.33. The highest BCUT2D eigenvalue weighted by atomic mass is 19.4. The molecule has 0 aromatic rings. The molecule has 0 spiro atoms. The van der Waals surface area contributed by atoms with Gasteiger partial charge < -0.3 is 14.2 Å². The van der Waals surface area contributed by atoms with Crippen molar-refractivity contribution < 1.29 is 46.6 Å². The molecule has 5 aliphatic rings. The molecule has 7 nitrogen and oxygen atoms in total. The van der Waals surface area contributed by atoms with Gasteiger partial charge >= 0.3 is 24.1 Å².